The Labute approximate surface area is 253 Å². The average Bonchev–Trinajstić information content (AvgIpc) is 3.37. The zero-order valence-corrected chi connectivity index (χ0v) is 24.8. The molecule has 4 unspecified atom stereocenters. The Hall–Kier alpha value is -4.31. The molecule has 43 heavy (non-hydrogen) atoms. The van der Waals surface area contributed by atoms with E-state index in [0.29, 0.717) is 11.3 Å². The first-order chi connectivity index (χ1) is 20.4. The van der Waals surface area contributed by atoms with Crippen LogP contribution in [0, 0.1) is 0 Å². The van der Waals surface area contributed by atoms with Gasteiger partial charge in [0.15, 0.2) is 5.96 Å². The van der Waals surface area contributed by atoms with Gasteiger partial charge in [-0.15, -0.1) is 0 Å². The normalized spacial score (nSPS) is 13.7. The first kappa shape index (κ1) is 34.9. The number of thioether (sulfide) groups is 1. The third-order valence-electron chi connectivity index (χ3n) is 6.57. The van der Waals surface area contributed by atoms with Gasteiger partial charge in [0.1, 0.15) is 18.1 Å². The minimum Gasteiger partial charge on any atom is -0.480 e. The van der Waals surface area contributed by atoms with Gasteiger partial charge in [0.2, 0.25) is 23.6 Å². The van der Waals surface area contributed by atoms with Crippen molar-refractivity contribution in [3.05, 3.63) is 36.0 Å². The van der Waals surface area contributed by atoms with Crippen LogP contribution < -0.4 is 38.9 Å². The van der Waals surface area contributed by atoms with Crippen LogP contribution in [-0.4, -0.2) is 88.4 Å². The second-order valence-corrected chi connectivity index (χ2v) is 10.9. The number of aromatic nitrogens is 1. The summed E-state index contributed by atoms with van der Waals surface area (Å²) in [6, 6.07) is 2.79. The van der Waals surface area contributed by atoms with E-state index in [-0.39, 0.29) is 51.0 Å². The van der Waals surface area contributed by atoms with Crippen molar-refractivity contribution in [2.24, 2.45) is 27.9 Å². The first-order valence-electron chi connectivity index (χ1n) is 13.7. The number of benzene rings is 1. The number of aliphatic carboxylic acids is 1. The molecule has 16 heteroatoms. The van der Waals surface area contributed by atoms with Crippen molar-refractivity contribution < 1.29 is 29.1 Å². The van der Waals surface area contributed by atoms with E-state index in [1.165, 1.54) is 11.8 Å². The molecule has 0 aliphatic heterocycles. The van der Waals surface area contributed by atoms with Gasteiger partial charge in [-0.1, -0.05) is 18.2 Å². The van der Waals surface area contributed by atoms with Gasteiger partial charge in [-0.3, -0.25) is 24.2 Å². The Morgan fingerprint density at radius 2 is 1.56 bits per heavy atom. The van der Waals surface area contributed by atoms with Crippen molar-refractivity contribution in [2.45, 2.75) is 62.7 Å². The summed E-state index contributed by atoms with van der Waals surface area (Å²) < 4.78 is 0. The number of aliphatic imine (C=N–C) groups is 1. The molecule has 0 bridgehead atoms. The second-order valence-electron chi connectivity index (χ2n) is 9.93. The fourth-order valence-electron chi connectivity index (χ4n) is 4.25. The Kier molecular flexibility index (Phi) is 14.3. The monoisotopic (exact) mass is 619 g/mol. The van der Waals surface area contributed by atoms with Gasteiger partial charge >= 0.3 is 5.97 Å². The summed E-state index contributed by atoms with van der Waals surface area (Å²) in [5.41, 5.74) is 23.3. The van der Waals surface area contributed by atoms with E-state index < -0.39 is 53.8 Å². The molecule has 4 amide bonds. The standard InChI is InChI=1S/C27H41N9O6S/c1-43-12-10-20(34-23(38)17(28)8-9-22(29)37)25(40)35-19(7-4-11-32-27(30)31)24(39)36-21(26(41)42)13-15-14-33-18-6-3-2-5-16(15)18/h2-3,5-6,14,17,19-21,33H,4,7-13,28H2,1H3,(H2,29,37)(H,34,38)(H,35,40)(H,36,39)(H,41,42)(H4,30,31,32). The summed E-state index contributed by atoms with van der Waals surface area (Å²) in [6.45, 7) is 0.168. The Morgan fingerprint density at radius 3 is 2.19 bits per heavy atom. The number of carboxylic acids is 1. The molecule has 15 nitrogen and oxygen atoms in total. The molecule has 2 aromatic rings. The molecule has 0 fully saturated rings. The van der Waals surface area contributed by atoms with Gasteiger partial charge < -0.3 is 49.0 Å². The van der Waals surface area contributed by atoms with E-state index in [9.17, 15) is 29.1 Å². The van der Waals surface area contributed by atoms with E-state index in [2.05, 4.69) is 25.9 Å². The summed E-state index contributed by atoms with van der Waals surface area (Å²) in [4.78, 5) is 69.5. The van der Waals surface area contributed by atoms with Crippen LogP contribution in [-0.2, 0) is 30.4 Å². The molecule has 1 aromatic carbocycles. The van der Waals surface area contributed by atoms with E-state index in [1.54, 1.807) is 6.20 Å². The van der Waals surface area contributed by atoms with Crippen LogP contribution >= 0.6 is 11.8 Å². The van der Waals surface area contributed by atoms with Gasteiger partial charge in [0.05, 0.1) is 6.04 Å². The van der Waals surface area contributed by atoms with Gasteiger partial charge in [0, 0.05) is 36.5 Å². The maximum absolute atomic E-state index is 13.4. The van der Waals surface area contributed by atoms with Crippen LogP contribution in [0.25, 0.3) is 10.9 Å². The molecule has 0 saturated carbocycles. The van der Waals surface area contributed by atoms with Gasteiger partial charge in [-0.25, -0.2) is 4.79 Å². The zero-order chi connectivity index (χ0) is 31.9. The minimum atomic E-state index is -1.29. The highest BCUT2D eigenvalue weighted by atomic mass is 32.2. The highest BCUT2D eigenvalue weighted by Gasteiger charge is 2.30. The predicted octanol–water partition coefficient (Wildman–Crippen LogP) is -1.35. The fourth-order valence-corrected chi connectivity index (χ4v) is 4.72. The number of guanidine groups is 1. The molecule has 2 rings (SSSR count). The summed E-state index contributed by atoms with van der Waals surface area (Å²) in [7, 11) is 0. The summed E-state index contributed by atoms with van der Waals surface area (Å²) >= 11 is 1.45. The third-order valence-corrected chi connectivity index (χ3v) is 7.22. The van der Waals surface area contributed by atoms with Crippen LogP contribution in [0.3, 0.4) is 0 Å². The van der Waals surface area contributed by atoms with Crippen LogP contribution in [0.4, 0.5) is 0 Å². The maximum atomic E-state index is 13.4. The van der Waals surface area contributed by atoms with Crippen LogP contribution in [0.2, 0.25) is 0 Å². The van der Waals surface area contributed by atoms with Crippen molar-refractivity contribution in [1.82, 2.24) is 20.9 Å². The SMILES string of the molecule is CSCCC(NC(=O)C(N)CCC(N)=O)C(=O)NC(CCCN=C(N)N)C(=O)NC(Cc1c[nH]c2ccccc12)C(=O)O. The van der Waals surface area contributed by atoms with Crippen molar-refractivity contribution >= 4 is 58.2 Å². The quantitative estimate of drug-likeness (QED) is 0.0506. The number of hydrogen-bond acceptors (Lipinski definition) is 8. The lowest BCUT2D eigenvalue weighted by molar-refractivity contribution is -0.142. The number of nitrogens with one attached hydrogen (secondary N) is 4. The van der Waals surface area contributed by atoms with E-state index in [1.807, 2.05) is 30.5 Å². The number of fused-ring (bicyclic) bond motifs is 1. The number of primary amides is 1. The third kappa shape index (κ3) is 11.8. The van der Waals surface area contributed by atoms with E-state index in [0.717, 1.165) is 10.9 Å². The minimum absolute atomic E-state index is 0.000855. The number of carboxylic acid groups (broad SMARTS) is 1. The number of H-pyrrole nitrogens is 1. The molecular formula is C27H41N9O6S. The lowest BCUT2D eigenvalue weighted by Crippen LogP contribution is -2.57. The van der Waals surface area contributed by atoms with Crippen LogP contribution in [0.15, 0.2) is 35.5 Å². The van der Waals surface area contributed by atoms with E-state index >= 15 is 0 Å². The molecule has 0 radical (unpaired) electrons. The molecular weight excluding hydrogens is 578 g/mol. The molecule has 13 N–H and O–H groups in total. The fraction of sp³-hybridized carbons (Fsp3) is 0.481. The van der Waals surface area contributed by atoms with E-state index in [4.69, 9.17) is 22.9 Å². The molecule has 4 atom stereocenters. The smallest absolute Gasteiger partial charge is 0.326 e. The highest BCUT2D eigenvalue weighted by molar-refractivity contribution is 7.98. The average molecular weight is 620 g/mol. The van der Waals surface area contributed by atoms with Gasteiger partial charge in [0.25, 0.3) is 0 Å². The van der Waals surface area contributed by atoms with Crippen molar-refractivity contribution in [1.29, 1.82) is 0 Å². The highest BCUT2D eigenvalue weighted by Crippen LogP contribution is 2.19. The number of carbonyl (C=O) groups is 5. The second kappa shape index (κ2) is 17.6. The summed E-state index contributed by atoms with van der Waals surface area (Å²) in [5, 5.41) is 18.5. The number of nitrogens with zero attached hydrogens (tertiary/aromatic N) is 1. The number of aromatic amines is 1. The molecule has 0 aliphatic carbocycles. The molecule has 0 saturated heterocycles. The number of amides is 4. The number of carbonyl (C=O) groups excluding carboxylic acids is 4. The van der Waals surface area contributed by atoms with Gasteiger partial charge in [-0.2, -0.15) is 11.8 Å². The van der Waals surface area contributed by atoms with Crippen LogP contribution in [0.5, 0.6) is 0 Å². The Morgan fingerprint density at radius 1 is 0.930 bits per heavy atom. The maximum Gasteiger partial charge on any atom is 0.326 e. The molecule has 1 heterocycles. The van der Waals surface area contributed by atoms with Gasteiger partial charge in [-0.05, 0) is 49.3 Å². The van der Waals surface area contributed by atoms with Crippen molar-refractivity contribution in [3.8, 4) is 0 Å². The lowest BCUT2D eigenvalue weighted by atomic mass is 10.0. The Balaban J connectivity index is 2.20. The van der Waals surface area contributed by atoms with Crippen LogP contribution in [0.1, 0.15) is 37.7 Å². The number of para-hydroxylation sites is 1. The summed E-state index contributed by atoms with van der Waals surface area (Å²) in [6.07, 6.45) is 4.00. The number of rotatable bonds is 19. The first-order valence-corrected chi connectivity index (χ1v) is 15.1. The predicted molar refractivity (Wildman–Crippen MR) is 165 cm³/mol. The molecule has 1 aromatic heterocycles. The lowest BCUT2D eigenvalue weighted by Gasteiger charge is -2.25. The number of hydrogen-bond donors (Lipinski definition) is 9. The summed E-state index contributed by atoms with van der Waals surface area (Å²) in [5.74, 6) is -3.53. The zero-order valence-electron chi connectivity index (χ0n) is 24.0. The Bertz CT molecular complexity index is 1300. The molecule has 0 spiro atoms. The topological polar surface area (TPSA) is 274 Å². The largest absolute Gasteiger partial charge is 0.480 e. The molecule has 0 aliphatic rings. The van der Waals surface area contributed by atoms with Crippen molar-refractivity contribution in [3.63, 3.8) is 0 Å². The van der Waals surface area contributed by atoms with Crippen molar-refractivity contribution in [2.75, 3.05) is 18.6 Å². The number of nitrogens with two attached hydrogens (primary N) is 4. The molecule has 236 valence electrons.